The maximum atomic E-state index is 11.1. The number of nitrogens with one attached hydrogen (secondary N) is 1. The van der Waals surface area contributed by atoms with Crippen LogP contribution >= 0.6 is 0 Å². The number of carbonyl (C=O) groups excluding carboxylic acids is 1. The van der Waals surface area contributed by atoms with Crippen LogP contribution in [0.3, 0.4) is 0 Å². The molecule has 0 saturated heterocycles. The van der Waals surface area contributed by atoms with E-state index in [1.807, 2.05) is 25.1 Å². The SMILES string of the molecule is CCOCCn1nc(CC(N)=O)nc1-c1cccc2n[nH]nc12. The van der Waals surface area contributed by atoms with E-state index in [4.69, 9.17) is 10.5 Å². The molecule has 120 valence electrons. The van der Waals surface area contributed by atoms with Gasteiger partial charge in [-0.15, -0.1) is 0 Å². The molecule has 0 aliphatic rings. The summed E-state index contributed by atoms with van der Waals surface area (Å²) in [7, 11) is 0. The molecular formula is C14H17N7O2. The number of para-hydroxylation sites is 1. The van der Waals surface area contributed by atoms with Gasteiger partial charge in [-0.2, -0.15) is 20.5 Å². The molecule has 9 heteroatoms. The second kappa shape index (κ2) is 6.53. The van der Waals surface area contributed by atoms with E-state index in [-0.39, 0.29) is 6.42 Å². The zero-order valence-electron chi connectivity index (χ0n) is 12.7. The molecule has 2 aromatic heterocycles. The van der Waals surface area contributed by atoms with Crippen molar-refractivity contribution in [2.24, 2.45) is 5.73 Å². The van der Waals surface area contributed by atoms with Crippen LogP contribution in [-0.4, -0.2) is 49.3 Å². The number of hydrogen-bond acceptors (Lipinski definition) is 6. The fourth-order valence-corrected chi connectivity index (χ4v) is 2.32. The molecule has 3 aromatic rings. The minimum Gasteiger partial charge on any atom is -0.380 e. The van der Waals surface area contributed by atoms with Crippen molar-refractivity contribution in [3.05, 3.63) is 24.0 Å². The first-order chi connectivity index (χ1) is 11.2. The molecule has 0 saturated carbocycles. The van der Waals surface area contributed by atoms with E-state index in [2.05, 4.69) is 25.5 Å². The van der Waals surface area contributed by atoms with E-state index < -0.39 is 5.91 Å². The molecule has 0 spiro atoms. The molecule has 0 unspecified atom stereocenters. The van der Waals surface area contributed by atoms with E-state index >= 15 is 0 Å². The molecule has 1 aromatic carbocycles. The summed E-state index contributed by atoms with van der Waals surface area (Å²) in [6, 6.07) is 5.61. The fourth-order valence-electron chi connectivity index (χ4n) is 2.32. The quantitative estimate of drug-likeness (QED) is 0.603. The third-order valence-electron chi connectivity index (χ3n) is 3.29. The number of H-pyrrole nitrogens is 1. The summed E-state index contributed by atoms with van der Waals surface area (Å²) in [6.45, 7) is 3.56. The van der Waals surface area contributed by atoms with Gasteiger partial charge in [0.15, 0.2) is 11.6 Å². The molecule has 23 heavy (non-hydrogen) atoms. The van der Waals surface area contributed by atoms with E-state index in [1.54, 1.807) is 4.68 Å². The lowest BCUT2D eigenvalue weighted by atomic mass is 10.1. The van der Waals surface area contributed by atoms with Crippen LogP contribution < -0.4 is 5.73 Å². The number of benzene rings is 1. The third-order valence-corrected chi connectivity index (χ3v) is 3.29. The van der Waals surface area contributed by atoms with E-state index in [9.17, 15) is 4.79 Å². The topological polar surface area (TPSA) is 125 Å². The summed E-state index contributed by atoms with van der Waals surface area (Å²) in [5.74, 6) is 0.517. The van der Waals surface area contributed by atoms with Crippen LogP contribution in [0.2, 0.25) is 0 Å². The fraction of sp³-hybridized carbons (Fsp3) is 0.357. The normalized spacial score (nSPS) is 11.2. The zero-order chi connectivity index (χ0) is 16.2. The van der Waals surface area contributed by atoms with Crippen molar-refractivity contribution in [2.75, 3.05) is 13.2 Å². The maximum absolute atomic E-state index is 11.1. The number of amides is 1. The number of aromatic amines is 1. The number of nitrogens with zero attached hydrogens (tertiary/aromatic N) is 5. The lowest BCUT2D eigenvalue weighted by molar-refractivity contribution is -0.117. The highest BCUT2D eigenvalue weighted by atomic mass is 16.5. The predicted molar refractivity (Wildman–Crippen MR) is 82.3 cm³/mol. The number of nitrogens with two attached hydrogens (primary N) is 1. The van der Waals surface area contributed by atoms with Crippen molar-refractivity contribution < 1.29 is 9.53 Å². The molecule has 0 bridgehead atoms. The predicted octanol–water partition coefficient (Wildman–Crippen LogP) is 0.281. The molecule has 2 heterocycles. The molecule has 1 amide bonds. The average molecular weight is 315 g/mol. The highest BCUT2D eigenvalue weighted by Gasteiger charge is 2.17. The number of hydrogen-bond donors (Lipinski definition) is 2. The molecule has 0 fully saturated rings. The van der Waals surface area contributed by atoms with Crippen molar-refractivity contribution in [1.82, 2.24) is 30.2 Å². The first-order valence-corrected chi connectivity index (χ1v) is 7.28. The summed E-state index contributed by atoms with van der Waals surface area (Å²) < 4.78 is 7.08. The molecule has 3 rings (SSSR count). The highest BCUT2D eigenvalue weighted by Crippen LogP contribution is 2.24. The Morgan fingerprint density at radius 1 is 1.39 bits per heavy atom. The van der Waals surface area contributed by atoms with Gasteiger partial charge in [-0.1, -0.05) is 6.07 Å². The second-order valence-corrected chi connectivity index (χ2v) is 4.91. The van der Waals surface area contributed by atoms with E-state index in [0.29, 0.717) is 36.9 Å². The average Bonchev–Trinajstić information content (AvgIpc) is 3.13. The van der Waals surface area contributed by atoms with Crippen molar-refractivity contribution >= 4 is 16.9 Å². The maximum Gasteiger partial charge on any atom is 0.225 e. The zero-order valence-corrected chi connectivity index (χ0v) is 12.7. The van der Waals surface area contributed by atoms with Crippen molar-refractivity contribution in [2.45, 2.75) is 19.9 Å². The van der Waals surface area contributed by atoms with Gasteiger partial charge in [-0.3, -0.25) is 4.79 Å². The van der Waals surface area contributed by atoms with Gasteiger partial charge in [0.25, 0.3) is 0 Å². The van der Waals surface area contributed by atoms with Gasteiger partial charge in [0.1, 0.15) is 11.0 Å². The van der Waals surface area contributed by atoms with Crippen LogP contribution in [0.25, 0.3) is 22.4 Å². The Morgan fingerprint density at radius 3 is 3.04 bits per heavy atom. The Hall–Kier alpha value is -2.81. The first kappa shape index (κ1) is 15.1. The van der Waals surface area contributed by atoms with Gasteiger partial charge >= 0.3 is 0 Å². The van der Waals surface area contributed by atoms with E-state index in [1.165, 1.54) is 0 Å². The van der Waals surface area contributed by atoms with Crippen LogP contribution in [0.5, 0.6) is 0 Å². The largest absolute Gasteiger partial charge is 0.380 e. The van der Waals surface area contributed by atoms with Crippen LogP contribution in [0.15, 0.2) is 18.2 Å². The Kier molecular flexibility index (Phi) is 4.29. The minimum absolute atomic E-state index is 0.0105. The standard InChI is InChI=1S/C14H17N7O2/c1-2-23-7-6-21-14(16-12(19-21)8-11(15)22)9-4-3-5-10-13(9)18-20-17-10/h3-5H,2,6-8H2,1H3,(H2,15,22)(H,17,18,20). The number of rotatable bonds is 7. The molecule has 3 N–H and O–H groups in total. The molecular weight excluding hydrogens is 298 g/mol. The summed E-state index contributed by atoms with van der Waals surface area (Å²) in [5.41, 5.74) is 7.46. The highest BCUT2D eigenvalue weighted by molar-refractivity contribution is 5.89. The summed E-state index contributed by atoms with van der Waals surface area (Å²) in [6.07, 6.45) is -0.0105. The van der Waals surface area contributed by atoms with Crippen molar-refractivity contribution in [3.63, 3.8) is 0 Å². The molecule has 0 atom stereocenters. The number of aromatic nitrogens is 6. The monoisotopic (exact) mass is 315 g/mol. The van der Waals surface area contributed by atoms with Crippen LogP contribution in [0, 0.1) is 0 Å². The minimum atomic E-state index is -0.474. The summed E-state index contributed by atoms with van der Waals surface area (Å²) in [5, 5.41) is 15.2. The first-order valence-electron chi connectivity index (χ1n) is 7.28. The van der Waals surface area contributed by atoms with Gasteiger partial charge in [0.2, 0.25) is 5.91 Å². The molecule has 0 aliphatic carbocycles. The summed E-state index contributed by atoms with van der Waals surface area (Å²) in [4.78, 5) is 15.6. The number of carbonyl (C=O) groups is 1. The van der Waals surface area contributed by atoms with Crippen LogP contribution in [0.1, 0.15) is 12.7 Å². The van der Waals surface area contributed by atoms with Gasteiger partial charge in [0, 0.05) is 12.2 Å². The van der Waals surface area contributed by atoms with Gasteiger partial charge < -0.3 is 10.5 Å². The van der Waals surface area contributed by atoms with Gasteiger partial charge in [-0.25, -0.2) is 9.67 Å². The number of primary amides is 1. The Bertz CT molecular complexity index is 824. The van der Waals surface area contributed by atoms with Crippen molar-refractivity contribution in [1.29, 1.82) is 0 Å². The van der Waals surface area contributed by atoms with Crippen LogP contribution in [0.4, 0.5) is 0 Å². The smallest absolute Gasteiger partial charge is 0.225 e. The lowest BCUT2D eigenvalue weighted by Crippen LogP contribution is -2.15. The summed E-state index contributed by atoms with van der Waals surface area (Å²) >= 11 is 0. The second-order valence-electron chi connectivity index (χ2n) is 4.91. The molecule has 0 radical (unpaired) electrons. The Labute approximate surface area is 131 Å². The van der Waals surface area contributed by atoms with Crippen molar-refractivity contribution in [3.8, 4) is 11.4 Å². The van der Waals surface area contributed by atoms with E-state index in [0.717, 1.165) is 11.1 Å². The molecule has 9 nitrogen and oxygen atoms in total. The Morgan fingerprint density at radius 2 is 2.26 bits per heavy atom. The van der Waals surface area contributed by atoms with Gasteiger partial charge in [-0.05, 0) is 19.1 Å². The number of fused-ring (bicyclic) bond motifs is 1. The number of ether oxygens (including phenoxy) is 1. The lowest BCUT2D eigenvalue weighted by Gasteiger charge is -2.06. The third kappa shape index (κ3) is 3.19. The Balaban J connectivity index is 2.03. The van der Waals surface area contributed by atoms with Gasteiger partial charge in [0.05, 0.1) is 19.6 Å². The molecule has 0 aliphatic heterocycles. The van der Waals surface area contributed by atoms with Crippen LogP contribution in [-0.2, 0) is 22.5 Å².